The normalized spacial score (nSPS) is 29.3. The van der Waals surface area contributed by atoms with Gasteiger partial charge in [0, 0.05) is 26.2 Å². The molecule has 3 aromatic rings. The molecule has 4 heterocycles. The summed E-state index contributed by atoms with van der Waals surface area (Å²) in [5.41, 5.74) is 1.25. The zero-order chi connectivity index (χ0) is 33.4. The van der Waals surface area contributed by atoms with Crippen molar-refractivity contribution < 1.29 is 44.5 Å². The standard InChI is InChI=1S/C35H46N2O10/c1-19-5-3-11-36(13-19)15-23-28(39)24(16-37-12-4-6-20(2)14-37)34-27(29(23)40)30(41)25(18-45-34)21-7-9-22(10-8-21)46-35-33(44)32(43)31(42)26(17-38)47-35/h7-10,18-20,26,31-33,35,38-40,42-44H,3-6,11-17H2,1-2H3/t19-,20-,26+,31+,32-,33+,35+/m0/s1. The van der Waals surface area contributed by atoms with Crippen LogP contribution in [0, 0.1) is 11.8 Å². The lowest BCUT2D eigenvalue weighted by molar-refractivity contribution is -0.277. The predicted molar refractivity (Wildman–Crippen MR) is 173 cm³/mol. The van der Waals surface area contributed by atoms with Crippen molar-refractivity contribution in [3.63, 3.8) is 0 Å². The average Bonchev–Trinajstić information content (AvgIpc) is 3.05. The van der Waals surface area contributed by atoms with Gasteiger partial charge in [-0.1, -0.05) is 26.0 Å². The second kappa shape index (κ2) is 14.1. The van der Waals surface area contributed by atoms with Gasteiger partial charge in [0.25, 0.3) is 0 Å². The van der Waals surface area contributed by atoms with Crippen LogP contribution in [0.5, 0.6) is 17.2 Å². The predicted octanol–water partition coefficient (Wildman–Crippen LogP) is 2.51. The van der Waals surface area contributed by atoms with E-state index in [1.807, 2.05) is 0 Å². The van der Waals surface area contributed by atoms with Crippen molar-refractivity contribution in [2.45, 2.75) is 83.3 Å². The van der Waals surface area contributed by atoms with E-state index in [1.54, 1.807) is 24.3 Å². The average molecular weight is 655 g/mol. The minimum absolute atomic E-state index is 0.0297. The summed E-state index contributed by atoms with van der Waals surface area (Å²) in [5.74, 6) is 0.941. The Bertz CT molecular complexity index is 1610. The van der Waals surface area contributed by atoms with Crippen molar-refractivity contribution in [3.8, 4) is 28.4 Å². The number of aromatic hydroxyl groups is 2. The monoisotopic (exact) mass is 654 g/mol. The quantitative estimate of drug-likeness (QED) is 0.210. The molecule has 6 rings (SSSR count). The first kappa shape index (κ1) is 33.7. The summed E-state index contributed by atoms with van der Waals surface area (Å²) in [6.07, 6.45) is -1.44. The number of hydrogen-bond donors (Lipinski definition) is 6. The molecule has 0 saturated carbocycles. The summed E-state index contributed by atoms with van der Waals surface area (Å²) in [6.45, 7) is 7.93. The fraction of sp³-hybridized carbons (Fsp3) is 0.571. The van der Waals surface area contributed by atoms with Crippen LogP contribution in [0.3, 0.4) is 0 Å². The topological polar surface area (TPSA) is 177 Å². The maximum absolute atomic E-state index is 14.1. The summed E-state index contributed by atoms with van der Waals surface area (Å²) >= 11 is 0. The second-order valence-electron chi connectivity index (χ2n) is 13.6. The number of fused-ring (bicyclic) bond motifs is 1. The van der Waals surface area contributed by atoms with Gasteiger partial charge in [0.2, 0.25) is 11.7 Å². The van der Waals surface area contributed by atoms with Crippen molar-refractivity contribution in [3.05, 3.63) is 51.9 Å². The molecule has 1 aromatic heterocycles. The van der Waals surface area contributed by atoms with Gasteiger partial charge in [-0.15, -0.1) is 0 Å². The Labute approximate surface area is 273 Å². The molecule has 0 aliphatic carbocycles. The fourth-order valence-corrected chi connectivity index (χ4v) is 7.27. The Morgan fingerprint density at radius 1 is 0.851 bits per heavy atom. The Kier molecular flexibility index (Phi) is 10.1. The molecule has 3 saturated heterocycles. The third kappa shape index (κ3) is 6.86. The summed E-state index contributed by atoms with van der Waals surface area (Å²) in [6, 6.07) is 6.31. The number of benzene rings is 2. The smallest absolute Gasteiger partial charge is 0.229 e. The van der Waals surface area contributed by atoms with Crippen LogP contribution in [0.2, 0.25) is 0 Å². The molecule has 2 aromatic carbocycles. The highest BCUT2D eigenvalue weighted by molar-refractivity contribution is 5.92. The van der Waals surface area contributed by atoms with Gasteiger partial charge in [-0.05, 0) is 68.3 Å². The van der Waals surface area contributed by atoms with E-state index in [9.17, 15) is 35.4 Å². The number of phenolic OH excluding ortho intramolecular Hbond substituents is 2. The number of hydrogen-bond acceptors (Lipinski definition) is 12. The molecule has 47 heavy (non-hydrogen) atoms. The number of aliphatic hydroxyl groups excluding tert-OH is 4. The van der Waals surface area contributed by atoms with E-state index in [2.05, 4.69) is 23.6 Å². The lowest BCUT2D eigenvalue weighted by Gasteiger charge is -2.39. The van der Waals surface area contributed by atoms with Crippen molar-refractivity contribution in [2.75, 3.05) is 32.8 Å². The fourth-order valence-electron chi connectivity index (χ4n) is 7.27. The van der Waals surface area contributed by atoms with E-state index in [0.29, 0.717) is 41.6 Å². The lowest BCUT2D eigenvalue weighted by Crippen LogP contribution is -2.60. The number of piperidine rings is 2. The Balaban J connectivity index is 1.34. The maximum atomic E-state index is 14.1. The third-order valence-electron chi connectivity index (χ3n) is 9.87. The third-order valence-corrected chi connectivity index (χ3v) is 9.87. The van der Waals surface area contributed by atoms with Gasteiger partial charge in [0.1, 0.15) is 58.9 Å². The number of ether oxygens (including phenoxy) is 2. The second-order valence-corrected chi connectivity index (χ2v) is 13.6. The van der Waals surface area contributed by atoms with Crippen LogP contribution in [-0.4, -0.2) is 104 Å². The number of aliphatic hydroxyl groups is 4. The number of phenols is 2. The first-order valence-corrected chi connectivity index (χ1v) is 16.6. The molecule has 0 spiro atoms. The van der Waals surface area contributed by atoms with Crippen LogP contribution < -0.4 is 10.2 Å². The van der Waals surface area contributed by atoms with Crippen LogP contribution >= 0.6 is 0 Å². The molecule has 3 aliphatic rings. The minimum Gasteiger partial charge on any atom is -0.507 e. The first-order chi connectivity index (χ1) is 22.5. The Morgan fingerprint density at radius 2 is 1.47 bits per heavy atom. The maximum Gasteiger partial charge on any atom is 0.229 e. The first-order valence-electron chi connectivity index (χ1n) is 16.6. The Hall–Kier alpha value is -3.23. The SMILES string of the molecule is C[C@H]1CCCN(Cc2c(O)c(CN3CCC[C@H](C)C3)c3occ(-c4ccc(O[C@@H]5O[C@H](CO)[C@@H](O)[C@H](O)[C@H]5O)cc4)c(=O)c3c2O)C1. The van der Waals surface area contributed by atoms with Gasteiger partial charge in [-0.2, -0.15) is 0 Å². The number of likely N-dealkylation sites (tertiary alicyclic amines) is 2. The highest BCUT2D eigenvalue weighted by Crippen LogP contribution is 2.41. The van der Waals surface area contributed by atoms with Crippen LogP contribution in [0.25, 0.3) is 22.1 Å². The molecule has 12 heteroatoms. The van der Waals surface area contributed by atoms with Crippen molar-refractivity contribution in [2.24, 2.45) is 11.8 Å². The van der Waals surface area contributed by atoms with E-state index in [4.69, 9.17) is 13.9 Å². The molecular formula is C35H46N2O10. The van der Waals surface area contributed by atoms with Crippen LogP contribution in [0.1, 0.15) is 50.7 Å². The molecule has 0 bridgehead atoms. The Morgan fingerprint density at radius 3 is 2.06 bits per heavy atom. The molecule has 0 amide bonds. The molecule has 3 aliphatic heterocycles. The molecule has 7 atom stereocenters. The van der Waals surface area contributed by atoms with Gasteiger partial charge in [-0.25, -0.2) is 0 Å². The van der Waals surface area contributed by atoms with Crippen LogP contribution in [0.15, 0.2) is 39.7 Å². The molecule has 0 unspecified atom stereocenters. The van der Waals surface area contributed by atoms with E-state index in [1.165, 1.54) is 6.26 Å². The zero-order valence-electron chi connectivity index (χ0n) is 26.9. The largest absolute Gasteiger partial charge is 0.507 e. The van der Waals surface area contributed by atoms with Gasteiger partial charge < -0.3 is 44.5 Å². The number of rotatable bonds is 8. The highest BCUT2D eigenvalue weighted by Gasteiger charge is 2.44. The summed E-state index contributed by atoms with van der Waals surface area (Å²) < 4.78 is 17.2. The van der Waals surface area contributed by atoms with Crippen LogP contribution in [0.4, 0.5) is 0 Å². The minimum atomic E-state index is -1.58. The molecular weight excluding hydrogens is 608 g/mol. The molecule has 6 N–H and O–H groups in total. The highest BCUT2D eigenvalue weighted by atomic mass is 16.7. The van der Waals surface area contributed by atoms with Gasteiger partial charge in [0.05, 0.1) is 23.3 Å². The van der Waals surface area contributed by atoms with Gasteiger partial charge in [0.15, 0.2) is 0 Å². The van der Waals surface area contributed by atoms with E-state index < -0.39 is 42.7 Å². The van der Waals surface area contributed by atoms with Gasteiger partial charge in [-0.3, -0.25) is 14.6 Å². The van der Waals surface area contributed by atoms with Crippen molar-refractivity contribution in [1.29, 1.82) is 0 Å². The van der Waals surface area contributed by atoms with E-state index in [0.717, 1.165) is 51.9 Å². The van der Waals surface area contributed by atoms with E-state index >= 15 is 0 Å². The van der Waals surface area contributed by atoms with Gasteiger partial charge >= 0.3 is 0 Å². The summed E-state index contributed by atoms with van der Waals surface area (Å²) in [5, 5.41) is 63.2. The molecule has 3 fully saturated rings. The summed E-state index contributed by atoms with van der Waals surface area (Å²) in [7, 11) is 0. The zero-order valence-corrected chi connectivity index (χ0v) is 26.9. The van der Waals surface area contributed by atoms with Crippen LogP contribution in [-0.2, 0) is 17.8 Å². The number of nitrogens with zero attached hydrogens (tertiary/aromatic N) is 2. The van der Waals surface area contributed by atoms with Crippen molar-refractivity contribution >= 4 is 11.0 Å². The molecule has 0 radical (unpaired) electrons. The molecule has 12 nitrogen and oxygen atoms in total. The summed E-state index contributed by atoms with van der Waals surface area (Å²) in [4.78, 5) is 18.6. The lowest BCUT2D eigenvalue weighted by atomic mass is 9.95. The van der Waals surface area contributed by atoms with Crippen molar-refractivity contribution in [1.82, 2.24) is 9.80 Å². The van der Waals surface area contributed by atoms with E-state index in [-0.39, 0.29) is 33.8 Å². The molecule has 256 valence electrons.